The third-order valence-corrected chi connectivity index (χ3v) is 5.66. The molecule has 0 bridgehead atoms. The quantitative estimate of drug-likeness (QED) is 0.262. The molecule has 0 unspecified atom stereocenters. The smallest absolute Gasteiger partial charge is 0.340 e. The van der Waals surface area contributed by atoms with Gasteiger partial charge < -0.3 is 4.98 Å². The maximum atomic E-state index is 13.3. The van der Waals surface area contributed by atoms with E-state index >= 15 is 0 Å². The van der Waals surface area contributed by atoms with Gasteiger partial charge in [0.1, 0.15) is 5.82 Å². The van der Waals surface area contributed by atoms with Crippen molar-refractivity contribution in [3.63, 3.8) is 0 Å². The number of alkyl halides is 6. The van der Waals surface area contributed by atoms with Crippen LogP contribution >= 0.6 is 0 Å². The molecule has 5 rings (SSSR count). The van der Waals surface area contributed by atoms with Crippen LogP contribution in [0.2, 0.25) is 0 Å². The van der Waals surface area contributed by atoms with E-state index in [4.69, 9.17) is 0 Å². The summed E-state index contributed by atoms with van der Waals surface area (Å²) in [7, 11) is 0. The van der Waals surface area contributed by atoms with Crippen LogP contribution in [-0.4, -0.2) is 24.9 Å². The first-order valence-corrected chi connectivity index (χ1v) is 11.0. The fourth-order valence-corrected chi connectivity index (χ4v) is 4.01. The molecule has 5 aromatic rings. The lowest BCUT2D eigenvalue weighted by Gasteiger charge is -2.13. The van der Waals surface area contributed by atoms with Gasteiger partial charge in [0, 0.05) is 30.1 Å². The first-order valence-electron chi connectivity index (χ1n) is 11.0. The van der Waals surface area contributed by atoms with Crippen molar-refractivity contribution in [1.29, 1.82) is 0 Å². The van der Waals surface area contributed by atoms with Gasteiger partial charge in [-0.1, -0.05) is 12.1 Å². The highest BCUT2D eigenvalue weighted by Gasteiger charge is 2.37. The summed E-state index contributed by atoms with van der Waals surface area (Å²) in [5.41, 5.74) is 1.10. The fourth-order valence-electron chi connectivity index (χ4n) is 4.01. The van der Waals surface area contributed by atoms with Crippen LogP contribution in [0.1, 0.15) is 28.2 Å². The van der Waals surface area contributed by atoms with Crippen LogP contribution in [0.4, 0.5) is 26.3 Å². The Hall–Kier alpha value is -4.28. The van der Waals surface area contributed by atoms with E-state index in [1.807, 2.05) is 0 Å². The Morgan fingerprint density at radius 1 is 0.757 bits per heavy atom. The van der Waals surface area contributed by atoms with Crippen molar-refractivity contribution in [1.82, 2.24) is 24.9 Å². The molecular weight excluding hydrogens is 496 g/mol. The summed E-state index contributed by atoms with van der Waals surface area (Å²) in [6.07, 6.45) is -7.07. The van der Waals surface area contributed by atoms with Gasteiger partial charge >= 0.3 is 12.4 Å². The summed E-state index contributed by atoms with van der Waals surface area (Å²) in [5, 5.41) is 0. The molecule has 0 amide bonds. The van der Waals surface area contributed by atoms with Gasteiger partial charge in [-0.3, -0.25) is 15.0 Å². The lowest BCUT2D eigenvalue weighted by molar-refractivity contribution is -0.143. The Morgan fingerprint density at radius 2 is 1.43 bits per heavy atom. The molecule has 0 saturated heterocycles. The van der Waals surface area contributed by atoms with Gasteiger partial charge in [-0.05, 0) is 55.0 Å². The van der Waals surface area contributed by atoms with Crippen molar-refractivity contribution in [2.75, 3.05) is 0 Å². The van der Waals surface area contributed by atoms with E-state index < -0.39 is 23.5 Å². The van der Waals surface area contributed by atoms with Gasteiger partial charge in [0.25, 0.3) is 0 Å². The highest BCUT2D eigenvalue weighted by molar-refractivity contribution is 5.84. The SMILES string of the molecule is Cc1cccc(-c2[nH]c(Cc3cc(C(F)(F)F)cc(C(F)(F)F)c3)nc2-c2ccc3nccnc3c2)n1. The standard InChI is InChI=1S/C26H17F6N5/c1-14-3-2-4-20(35-14)24-23(16-5-6-19-21(12-16)34-8-7-33-19)36-22(37-24)11-15-9-17(25(27,28)29)13-18(10-15)26(30,31)32/h2-10,12-13H,11H2,1H3,(H,36,37). The number of halogens is 6. The highest BCUT2D eigenvalue weighted by Crippen LogP contribution is 2.37. The minimum Gasteiger partial charge on any atom is -0.340 e. The van der Waals surface area contributed by atoms with E-state index in [0.717, 1.165) is 5.69 Å². The lowest BCUT2D eigenvalue weighted by atomic mass is 10.0. The third-order valence-electron chi connectivity index (χ3n) is 5.66. The molecule has 0 aliphatic rings. The molecule has 1 N–H and O–H groups in total. The molecule has 188 valence electrons. The summed E-state index contributed by atoms with van der Waals surface area (Å²) >= 11 is 0. The minimum absolute atomic E-state index is 0.106. The highest BCUT2D eigenvalue weighted by atomic mass is 19.4. The summed E-state index contributed by atoms with van der Waals surface area (Å²) in [6, 6.07) is 12.1. The number of pyridine rings is 1. The van der Waals surface area contributed by atoms with Gasteiger partial charge in [0.15, 0.2) is 0 Å². The first-order chi connectivity index (χ1) is 17.5. The topological polar surface area (TPSA) is 67.3 Å². The molecule has 0 aliphatic carbocycles. The number of rotatable bonds is 4. The summed E-state index contributed by atoms with van der Waals surface area (Å²) < 4.78 is 80.0. The van der Waals surface area contributed by atoms with Crippen LogP contribution in [0.25, 0.3) is 33.7 Å². The van der Waals surface area contributed by atoms with E-state index in [9.17, 15) is 26.3 Å². The molecule has 3 aromatic heterocycles. The second-order valence-electron chi connectivity index (χ2n) is 8.42. The largest absolute Gasteiger partial charge is 0.416 e. The van der Waals surface area contributed by atoms with Gasteiger partial charge in [-0.25, -0.2) is 4.98 Å². The summed E-state index contributed by atoms with van der Waals surface area (Å²) in [6.45, 7) is 1.80. The Balaban J connectivity index is 1.63. The molecule has 0 aliphatic heterocycles. The maximum absolute atomic E-state index is 13.3. The van der Waals surface area contributed by atoms with Gasteiger partial charge in [0.2, 0.25) is 0 Å². The van der Waals surface area contributed by atoms with Crippen LogP contribution in [0, 0.1) is 6.92 Å². The number of benzene rings is 2. The molecule has 0 spiro atoms. The Kier molecular flexibility index (Phi) is 5.93. The molecule has 0 fully saturated rings. The van der Waals surface area contributed by atoms with Crippen LogP contribution in [0.5, 0.6) is 0 Å². The number of aryl methyl sites for hydroxylation is 1. The Bertz CT molecular complexity index is 1570. The minimum atomic E-state index is -4.94. The van der Waals surface area contributed by atoms with E-state index in [0.29, 0.717) is 45.8 Å². The van der Waals surface area contributed by atoms with Crippen molar-refractivity contribution >= 4 is 11.0 Å². The van der Waals surface area contributed by atoms with E-state index in [2.05, 4.69) is 24.9 Å². The number of hydrogen-bond donors (Lipinski definition) is 1. The van der Waals surface area contributed by atoms with Crippen molar-refractivity contribution < 1.29 is 26.3 Å². The Labute approximate surface area is 206 Å². The van der Waals surface area contributed by atoms with Crippen molar-refractivity contribution in [2.24, 2.45) is 0 Å². The lowest BCUT2D eigenvalue weighted by Crippen LogP contribution is -2.12. The number of aromatic nitrogens is 5. The maximum Gasteiger partial charge on any atom is 0.416 e. The molecule has 2 aromatic carbocycles. The van der Waals surface area contributed by atoms with Crippen LogP contribution in [0.3, 0.4) is 0 Å². The fraction of sp³-hybridized carbons (Fsp3) is 0.154. The number of fused-ring (bicyclic) bond motifs is 1. The molecule has 3 heterocycles. The number of aromatic amines is 1. The Morgan fingerprint density at radius 3 is 2.08 bits per heavy atom. The van der Waals surface area contributed by atoms with Gasteiger partial charge in [-0.15, -0.1) is 0 Å². The zero-order valence-electron chi connectivity index (χ0n) is 19.1. The third kappa shape index (κ3) is 5.16. The predicted octanol–water partition coefficient (Wildman–Crippen LogP) is 7.02. The van der Waals surface area contributed by atoms with Crippen LogP contribution in [-0.2, 0) is 18.8 Å². The van der Waals surface area contributed by atoms with E-state index in [1.54, 1.807) is 49.5 Å². The van der Waals surface area contributed by atoms with Crippen molar-refractivity contribution in [2.45, 2.75) is 25.7 Å². The van der Waals surface area contributed by atoms with E-state index in [-0.39, 0.29) is 23.9 Å². The number of nitrogens with one attached hydrogen (secondary N) is 1. The molecule has 5 nitrogen and oxygen atoms in total. The summed E-state index contributed by atoms with van der Waals surface area (Å²) in [4.78, 5) is 20.7. The van der Waals surface area contributed by atoms with Gasteiger partial charge in [0.05, 0.1) is 39.2 Å². The zero-order chi connectivity index (χ0) is 26.4. The first kappa shape index (κ1) is 24.4. The second kappa shape index (κ2) is 8.99. The molecule has 0 saturated carbocycles. The molecule has 37 heavy (non-hydrogen) atoms. The van der Waals surface area contributed by atoms with Crippen LogP contribution in [0.15, 0.2) is 67.0 Å². The number of imidazole rings is 1. The van der Waals surface area contributed by atoms with E-state index in [1.165, 1.54) is 6.20 Å². The van der Waals surface area contributed by atoms with Crippen molar-refractivity contribution in [3.05, 3.63) is 95.2 Å². The number of H-pyrrole nitrogens is 1. The van der Waals surface area contributed by atoms with Crippen LogP contribution < -0.4 is 0 Å². The second-order valence-corrected chi connectivity index (χ2v) is 8.42. The monoisotopic (exact) mass is 513 g/mol. The average Bonchev–Trinajstić information content (AvgIpc) is 3.26. The molecular formula is C26H17F6N5. The summed E-state index contributed by atoms with van der Waals surface area (Å²) in [5.74, 6) is 0.181. The zero-order valence-corrected chi connectivity index (χ0v) is 19.1. The number of hydrogen-bond acceptors (Lipinski definition) is 4. The molecule has 11 heteroatoms. The van der Waals surface area contributed by atoms with Gasteiger partial charge in [-0.2, -0.15) is 26.3 Å². The average molecular weight is 513 g/mol. The number of nitrogens with zero attached hydrogens (tertiary/aromatic N) is 4. The predicted molar refractivity (Wildman–Crippen MR) is 124 cm³/mol. The molecule has 0 atom stereocenters. The normalized spacial score (nSPS) is 12.3. The molecule has 0 radical (unpaired) electrons. The van der Waals surface area contributed by atoms with Crippen molar-refractivity contribution in [3.8, 4) is 22.6 Å².